The van der Waals surface area contributed by atoms with E-state index >= 15 is 0 Å². The average molecular weight is 309 g/mol. The summed E-state index contributed by atoms with van der Waals surface area (Å²) in [6.07, 6.45) is 0.952. The fraction of sp³-hybridized carbons (Fsp3) is 0.357. The molecule has 0 amide bonds. The van der Waals surface area contributed by atoms with Crippen molar-refractivity contribution in [3.05, 3.63) is 28.8 Å². The number of aryl methyl sites for hydroxylation is 1. The highest BCUT2D eigenvalue weighted by atomic mass is 35.5. The summed E-state index contributed by atoms with van der Waals surface area (Å²) in [6, 6.07) is 5.79. The van der Waals surface area contributed by atoms with Gasteiger partial charge in [0, 0.05) is 6.54 Å². The Morgan fingerprint density at radius 2 is 1.95 bits per heavy atom. The van der Waals surface area contributed by atoms with Crippen LogP contribution in [0, 0.1) is 6.92 Å². The Balaban J connectivity index is 2.25. The average Bonchev–Trinajstić information content (AvgIpc) is 2.48. The topological polar surface area (TPSA) is 69.2 Å². The molecule has 1 heterocycles. The first-order valence-corrected chi connectivity index (χ1v) is 6.98. The number of benzene rings is 1. The number of halogens is 1. The molecule has 0 fully saturated rings. The number of nitrogens with one attached hydrogen (secondary N) is 1. The number of nitrogens with zero attached hydrogens (tertiary/aromatic N) is 3. The smallest absolute Gasteiger partial charge is 0.330 e. The van der Waals surface area contributed by atoms with Crippen molar-refractivity contribution in [2.75, 3.05) is 19.0 Å². The molecule has 0 radical (unpaired) electrons. The van der Waals surface area contributed by atoms with Crippen LogP contribution in [0.1, 0.15) is 18.9 Å². The van der Waals surface area contributed by atoms with Gasteiger partial charge in [0.25, 0.3) is 0 Å². The number of ether oxygens (including phenoxy) is 2. The van der Waals surface area contributed by atoms with Crippen molar-refractivity contribution in [2.24, 2.45) is 0 Å². The quantitative estimate of drug-likeness (QED) is 0.881. The number of hydrogen-bond acceptors (Lipinski definition) is 6. The van der Waals surface area contributed by atoms with Crippen LogP contribution in [-0.2, 0) is 0 Å². The van der Waals surface area contributed by atoms with Gasteiger partial charge in [0.05, 0.1) is 12.1 Å². The Kier molecular flexibility index (Phi) is 5.16. The molecule has 0 atom stereocenters. The van der Waals surface area contributed by atoms with Gasteiger partial charge in [0.1, 0.15) is 5.75 Å². The Morgan fingerprint density at radius 1 is 1.19 bits per heavy atom. The second-order valence-corrected chi connectivity index (χ2v) is 4.80. The molecule has 2 aromatic rings. The van der Waals surface area contributed by atoms with Gasteiger partial charge in [0.2, 0.25) is 5.95 Å². The van der Waals surface area contributed by atoms with Gasteiger partial charge in [-0.05, 0) is 31.0 Å². The van der Waals surface area contributed by atoms with Gasteiger partial charge in [-0.15, -0.1) is 4.98 Å². The van der Waals surface area contributed by atoms with E-state index in [1.54, 1.807) is 6.07 Å². The van der Waals surface area contributed by atoms with Crippen LogP contribution in [0.5, 0.6) is 17.8 Å². The zero-order valence-corrected chi connectivity index (χ0v) is 12.9. The van der Waals surface area contributed by atoms with Gasteiger partial charge in [-0.2, -0.15) is 9.97 Å². The summed E-state index contributed by atoms with van der Waals surface area (Å²) in [6.45, 7) is 4.75. The zero-order chi connectivity index (χ0) is 15.2. The molecule has 6 nitrogen and oxygen atoms in total. The molecular weight excluding hydrogens is 292 g/mol. The lowest BCUT2D eigenvalue weighted by molar-refractivity contribution is 0.360. The number of aromatic nitrogens is 3. The molecule has 1 N–H and O–H groups in total. The monoisotopic (exact) mass is 308 g/mol. The lowest BCUT2D eigenvalue weighted by atomic mass is 10.2. The summed E-state index contributed by atoms with van der Waals surface area (Å²) >= 11 is 6.13. The molecule has 0 saturated carbocycles. The van der Waals surface area contributed by atoms with E-state index in [0.717, 1.165) is 18.5 Å². The maximum atomic E-state index is 6.13. The Labute approximate surface area is 128 Å². The molecule has 0 spiro atoms. The second kappa shape index (κ2) is 7.08. The molecular formula is C14H17ClN4O2. The molecule has 112 valence electrons. The van der Waals surface area contributed by atoms with Gasteiger partial charge in [-0.25, -0.2) is 0 Å². The summed E-state index contributed by atoms with van der Waals surface area (Å²) < 4.78 is 10.7. The van der Waals surface area contributed by atoms with Crippen LogP contribution in [-0.4, -0.2) is 28.6 Å². The van der Waals surface area contributed by atoms with Gasteiger partial charge in [0.15, 0.2) is 0 Å². The molecule has 1 aromatic carbocycles. The third-order valence-electron chi connectivity index (χ3n) is 2.60. The third kappa shape index (κ3) is 4.19. The molecule has 7 heteroatoms. The minimum atomic E-state index is 0.131. The van der Waals surface area contributed by atoms with Crippen LogP contribution in [0.25, 0.3) is 0 Å². The lowest BCUT2D eigenvalue weighted by Crippen LogP contribution is -2.07. The fourth-order valence-electron chi connectivity index (χ4n) is 1.58. The molecule has 0 aliphatic heterocycles. The highest BCUT2D eigenvalue weighted by molar-refractivity contribution is 6.32. The van der Waals surface area contributed by atoms with E-state index in [4.69, 9.17) is 21.1 Å². The molecule has 21 heavy (non-hydrogen) atoms. The highest BCUT2D eigenvalue weighted by Crippen LogP contribution is 2.29. The normalized spacial score (nSPS) is 10.3. The van der Waals surface area contributed by atoms with Crippen molar-refractivity contribution in [1.82, 2.24) is 15.0 Å². The summed E-state index contributed by atoms with van der Waals surface area (Å²) in [7, 11) is 1.49. The van der Waals surface area contributed by atoms with Crippen LogP contribution >= 0.6 is 11.6 Å². The van der Waals surface area contributed by atoms with Crippen molar-refractivity contribution in [3.8, 4) is 17.8 Å². The van der Waals surface area contributed by atoms with Gasteiger partial charge in [-0.1, -0.05) is 24.6 Å². The van der Waals surface area contributed by atoms with Crippen LogP contribution in [0.3, 0.4) is 0 Å². The standard InChI is InChI=1S/C14H17ClN4O2/c1-4-7-16-12-17-13(20-3)19-14(18-12)21-11-6-5-9(2)8-10(11)15/h5-6,8H,4,7H2,1-3H3,(H,16,17,18,19). The lowest BCUT2D eigenvalue weighted by Gasteiger charge is -2.09. The molecule has 0 aliphatic rings. The maximum absolute atomic E-state index is 6.13. The first-order valence-electron chi connectivity index (χ1n) is 6.60. The molecule has 0 aliphatic carbocycles. The Morgan fingerprint density at radius 3 is 2.62 bits per heavy atom. The first kappa shape index (κ1) is 15.3. The van der Waals surface area contributed by atoms with Crippen LogP contribution < -0.4 is 14.8 Å². The highest BCUT2D eigenvalue weighted by Gasteiger charge is 2.10. The van der Waals surface area contributed by atoms with E-state index in [9.17, 15) is 0 Å². The van der Waals surface area contributed by atoms with Gasteiger partial charge >= 0.3 is 12.0 Å². The Bertz CT molecular complexity index is 622. The SMILES string of the molecule is CCCNc1nc(OC)nc(Oc2ccc(C)cc2Cl)n1. The third-order valence-corrected chi connectivity index (χ3v) is 2.89. The van der Waals surface area contributed by atoms with Gasteiger partial charge < -0.3 is 14.8 Å². The minimum absolute atomic E-state index is 0.131. The van der Waals surface area contributed by atoms with Crippen molar-refractivity contribution in [1.29, 1.82) is 0 Å². The van der Waals surface area contributed by atoms with Crippen molar-refractivity contribution >= 4 is 17.5 Å². The summed E-state index contributed by atoms with van der Waals surface area (Å²) in [5, 5.41) is 3.56. The van der Waals surface area contributed by atoms with Gasteiger partial charge in [-0.3, -0.25) is 0 Å². The fourth-order valence-corrected chi connectivity index (χ4v) is 1.85. The van der Waals surface area contributed by atoms with E-state index in [1.807, 2.05) is 19.1 Å². The van der Waals surface area contributed by atoms with Crippen molar-refractivity contribution < 1.29 is 9.47 Å². The first-order chi connectivity index (χ1) is 10.1. The van der Waals surface area contributed by atoms with Crippen LogP contribution in [0.15, 0.2) is 18.2 Å². The summed E-state index contributed by atoms with van der Waals surface area (Å²) in [4.78, 5) is 12.3. The molecule has 0 bridgehead atoms. The van der Waals surface area contributed by atoms with E-state index in [-0.39, 0.29) is 12.0 Å². The molecule has 1 aromatic heterocycles. The summed E-state index contributed by atoms with van der Waals surface area (Å²) in [5.41, 5.74) is 1.05. The van der Waals surface area contributed by atoms with Crippen LogP contribution in [0.2, 0.25) is 5.02 Å². The van der Waals surface area contributed by atoms with Crippen molar-refractivity contribution in [2.45, 2.75) is 20.3 Å². The van der Waals surface area contributed by atoms with E-state index in [0.29, 0.717) is 16.7 Å². The second-order valence-electron chi connectivity index (χ2n) is 4.39. The number of methoxy groups -OCH3 is 1. The molecule has 2 rings (SSSR count). The van der Waals surface area contributed by atoms with E-state index < -0.39 is 0 Å². The maximum Gasteiger partial charge on any atom is 0.330 e. The largest absolute Gasteiger partial charge is 0.467 e. The molecule has 0 saturated heterocycles. The van der Waals surface area contributed by atoms with E-state index in [2.05, 4.69) is 27.2 Å². The Hall–Kier alpha value is -2.08. The number of hydrogen-bond donors (Lipinski definition) is 1. The van der Waals surface area contributed by atoms with Crippen molar-refractivity contribution in [3.63, 3.8) is 0 Å². The predicted octanol–water partition coefficient (Wildman–Crippen LogP) is 3.46. The van der Waals surface area contributed by atoms with Crippen LogP contribution in [0.4, 0.5) is 5.95 Å². The number of anilines is 1. The predicted molar refractivity (Wildman–Crippen MR) is 81.4 cm³/mol. The summed E-state index contributed by atoms with van der Waals surface area (Å²) in [5.74, 6) is 0.888. The van der Waals surface area contributed by atoms with E-state index in [1.165, 1.54) is 7.11 Å². The minimum Gasteiger partial charge on any atom is -0.467 e. The zero-order valence-electron chi connectivity index (χ0n) is 12.2. The molecule has 0 unspecified atom stereocenters. The number of rotatable bonds is 6.